The van der Waals surface area contributed by atoms with E-state index in [2.05, 4.69) is 11.6 Å². The lowest BCUT2D eigenvalue weighted by Crippen LogP contribution is -2.44. The first-order chi connectivity index (χ1) is 8.56. The van der Waals surface area contributed by atoms with E-state index in [1.807, 2.05) is 18.7 Å². The van der Waals surface area contributed by atoms with Gasteiger partial charge in [0.25, 0.3) is 0 Å². The maximum atomic E-state index is 13.7. The first-order valence-electron chi connectivity index (χ1n) is 6.33. The molecule has 1 aliphatic rings. The third-order valence-electron chi connectivity index (χ3n) is 3.88. The molecule has 4 heteroatoms. The van der Waals surface area contributed by atoms with Crippen molar-refractivity contribution in [2.75, 3.05) is 12.8 Å². The van der Waals surface area contributed by atoms with E-state index >= 15 is 0 Å². The summed E-state index contributed by atoms with van der Waals surface area (Å²) >= 11 is 1.91. The van der Waals surface area contributed by atoms with Gasteiger partial charge in [-0.25, -0.2) is 4.39 Å². The Labute approximate surface area is 112 Å². The Morgan fingerprint density at radius 2 is 2.22 bits per heavy atom. The van der Waals surface area contributed by atoms with Gasteiger partial charge in [0.2, 0.25) is 0 Å². The van der Waals surface area contributed by atoms with Gasteiger partial charge >= 0.3 is 0 Å². The number of phenolic OH excluding ortho intramolecular Hbond substituents is 1. The number of hydrogen-bond acceptors (Lipinski definition) is 3. The van der Waals surface area contributed by atoms with E-state index in [1.165, 1.54) is 31.4 Å². The molecule has 0 amide bonds. The van der Waals surface area contributed by atoms with Crippen LogP contribution in [0.15, 0.2) is 18.2 Å². The van der Waals surface area contributed by atoms with Gasteiger partial charge in [0.05, 0.1) is 0 Å². The summed E-state index contributed by atoms with van der Waals surface area (Å²) in [5.41, 5.74) is 0.614. The van der Waals surface area contributed by atoms with E-state index in [4.69, 9.17) is 0 Å². The Morgan fingerprint density at radius 1 is 1.50 bits per heavy atom. The lowest BCUT2D eigenvalue weighted by atomic mass is 9.84. The van der Waals surface area contributed by atoms with Crippen LogP contribution in [0.3, 0.4) is 0 Å². The molecule has 0 aliphatic heterocycles. The summed E-state index contributed by atoms with van der Waals surface area (Å²) in [7, 11) is 0. The molecule has 0 radical (unpaired) electrons. The number of phenols is 1. The highest BCUT2D eigenvalue weighted by Gasteiger charge is 2.36. The van der Waals surface area contributed by atoms with Crippen molar-refractivity contribution in [1.82, 2.24) is 5.32 Å². The Balaban J connectivity index is 1.97. The smallest absolute Gasteiger partial charge is 0.131 e. The van der Waals surface area contributed by atoms with Crippen LogP contribution in [0.2, 0.25) is 0 Å². The molecule has 0 aromatic heterocycles. The molecule has 1 unspecified atom stereocenters. The second-order valence-corrected chi connectivity index (χ2v) is 6.32. The average Bonchev–Trinajstić information content (AvgIpc) is 2.27. The summed E-state index contributed by atoms with van der Waals surface area (Å²) < 4.78 is 14.0. The maximum absolute atomic E-state index is 13.7. The van der Waals surface area contributed by atoms with Crippen LogP contribution in [0.5, 0.6) is 5.75 Å². The first kappa shape index (κ1) is 13.7. The molecule has 18 heavy (non-hydrogen) atoms. The van der Waals surface area contributed by atoms with Crippen LogP contribution in [0, 0.1) is 5.82 Å². The van der Waals surface area contributed by atoms with Crippen molar-refractivity contribution >= 4 is 11.8 Å². The third kappa shape index (κ3) is 2.81. The van der Waals surface area contributed by atoms with Crippen molar-refractivity contribution in [3.8, 4) is 5.75 Å². The highest BCUT2D eigenvalue weighted by Crippen LogP contribution is 2.42. The summed E-state index contributed by atoms with van der Waals surface area (Å²) in [5.74, 6) is -0.371. The average molecular weight is 269 g/mol. The van der Waals surface area contributed by atoms with E-state index in [0.29, 0.717) is 10.3 Å². The summed E-state index contributed by atoms with van der Waals surface area (Å²) in [5, 5.41) is 12.6. The first-order valence-corrected chi connectivity index (χ1v) is 7.56. The third-order valence-corrected chi connectivity index (χ3v) is 5.30. The minimum atomic E-state index is -0.346. The predicted octanol–water partition coefficient (Wildman–Crippen LogP) is 3.47. The number of thioether (sulfide) groups is 1. The van der Waals surface area contributed by atoms with Crippen LogP contribution >= 0.6 is 11.8 Å². The van der Waals surface area contributed by atoms with Gasteiger partial charge in [-0.3, -0.25) is 0 Å². The quantitative estimate of drug-likeness (QED) is 0.858. The molecule has 1 aromatic carbocycles. The molecule has 0 spiro atoms. The van der Waals surface area contributed by atoms with Crippen molar-refractivity contribution in [2.24, 2.45) is 0 Å². The van der Waals surface area contributed by atoms with E-state index < -0.39 is 0 Å². The molecule has 2 N–H and O–H groups in total. The van der Waals surface area contributed by atoms with Gasteiger partial charge in [-0.05, 0) is 32.1 Å². The molecule has 1 fully saturated rings. The summed E-state index contributed by atoms with van der Waals surface area (Å²) in [6.07, 6.45) is 5.93. The fourth-order valence-electron chi connectivity index (χ4n) is 2.34. The zero-order chi connectivity index (χ0) is 13.2. The van der Waals surface area contributed by atoms with Gasteiger partial charge in [-0.1, -0.05) is 12.5 Å². The van der Waals surface area contributed by atoms with Crippen molar-refractivity contribution in [3.05, 3.63) is 29.6 Å². The van der Waals surface area contributed by atoms with Gasteiger partial charge in [-0.2, -0.15) is 11.8 Å². The molecule has 0 bridgehead atoms. The summed E-state index contributed by atoms with van der Waals surface area (Å²) in [6.45, 7) is 2.87. The van der Waals surface area contributed by atoms with E-state index in [1.54, 1.807) is 6.07 Å². The Kier molecular flexibility index (Phi) is 4.17. The standard InChI is InChI=1S/C14H20FNOS/c1-10(12-5-4-11(17)8-13(12)15)16-9-14(18-2)6-3-7-14/h4-5,8,10,16-17H,3,6-7,9H2,1-2H3. The van der Waals surface area contributed by atoms with Crippen LogP contribution in [-0.2, 0) is 0 Å². The van der Waals surface area contributed by atoms with Gasteiger partial charge in [0.15, 0.2) is 0 Å². The zero-order valence-corrected chi connectivity index (χ0v) is 11.7. The summed E-state index contributed by atoms with van der Waals surface area (Å²) in [4.78, 5) is 0. The van der Waals surface area contributed by atoms with Crippen LogP contribution in [0.4, 0.5) is 4.39 Å². The highest BCUT2D eigenvalue weighted by molar-refractivity contribution is 8.00. The number of benzene rings is 1. The molecule has 1 aliphatic carbocycles. The number of aromatic hydroxyl groups is 1. The number of nitrogens with one attached hydrogen (secondary N) is 1. The predicted molar refractivity (Wildman–Crippen MR) is 74.6 cm³/mol. The minimum absolute atomic E-state index is 0.0250. The van der Waals surface area contributed by atoms with Crippen LogP contribution in [0.1, 0.15) is 37.8 Å². The molecule has 1 aromatic rings. The number of rotatable bonds is 5. The Morgan fingerprint density at radius 3 is 2.72 bits per heavy atom. The number of halogens is 1. The summed E-state index contributed by atoms with van der Waals surface area (Å²) in [6, 6.07) is 4.32. The zero-order valence-electron chi connectivity index (χ0n) is 10.9. The lowest BCUT2D eigenvalue weighted by molar-refractivity contribution is 0.332. The highest BCUT2D eigenvalue weighted by atomic mass is 32.2. The molecule has 0 saturated heterocycles. The van der Waals surface area contributed by atoms with Gasteiger partial charge in [0, 0.05) is 29.0 Å². The molecule has 0 heterocycles. The van der Waals surface area contributed by atoms with Crippen LogP contribution in [0.25, 0.3) is 0 Å². The molecule has 1 atom stereocenters. The van der Waals surface area contributed by atoms with Gasteiger partial charge in [0.1, 0.15) is 11.6 Å². The second-order valence-electron chi connectivity index (χ2n) is 5.05. The van der Waals surface area contributed by atoms with Gasteiger partial charge < -0.3 is 10.4 Å². The van der Waals surface area contributed by atoms with Crippen molar-refractivity contribution < 1.29 is 9.50 Å². The van der Waals surface area contributed by atoms with Crippen molar-refractivity contribution in [2.45, 2.75) is 37.0 Å². The molecular formula is C14H20FNOS. The fourth-order valence-corrected chi connectivity index (χ4v) is 3.27. The fraction of sp³-hybridized carbons (Fsp3) is 0.571. The molecule has 1 saturated carbocycles. The van der Waals surface area contributed by atoms with E-state index in [0.717, 1.165) is 6.54 Å². The Hall–Kier alpha value is -0.740. The minimum Gasteiger partial charge on any atom is -0.508 e. The maximum Gasteiger partial charge on any atom is 0.131 e. The number of hydrogen-bond donors (Lipinski definition) is 2. The Bertz CT molecular complexity index is 415. The van der Waals surface area contributed by atoms with E-state index in [-0.39, 0.29) is 17.6 Å². The van der Waals surface area contributed by atoms with Crippen molar-refractivity contribution in [1.29, 1.82) is 0 Å². The normalized spacial score (nSPS) is 19.3. The molecule has 2 nitrogen and oxygen atoms in total. The van der Waals surface area contributed by atoms with Gasteiger partial charge in [-0.15, -0.1) is 0 Å². The van der Waals surface area contributed by atoms with Crippen LogP contribution in [-0.4, -0.2) is 22.7 Å². The van der Waals surface area contributed by atoms with Crippen LogP contribution < -0.4 is 5.32 Å². The SMILES string of the molecule is CSC1(CNC(C)c2ccc(O)cc2F)CCC1. The van der Waals surface area contributed by atoms with E-state index in [9.17, 15) is 9.50 Å². The second kappa shape index (κ2) is 5.49. The largest absolute Gasteiger partial charge is 0.508 e. The molecule has 2 rings (SSSR count). The monoisotopic (exact) mass is 269 g/mol. The lowest BCUT2D eigenvalue weighted by Gasteiger charge is -2.41. The molecular weight excluding hydrogens is 249 g/mol. The van der Waals surface area contributed by atoms with Crippen molar-refractivity contribution in [3.63, 3.8) is 0 Å². The molecule has 100 valence electrons. The topological polar surface area (TPSA) is 32.3 Å².